The highest BCUT2D eigenvalue weighted by Crippen LogP contribution is 2.27. The van der Waals surface area contributed by atoms with Crippen LogP contribution < -0.4 is 20.1 Å². The molecule has 2 rings (SSSR count). The Morgan fingerprint density at radius 2 is 1.75 bits per heavy atom. The molecule has 0 heterocycles. The van der Waals surface area contributed by atoms with Crippen molar-refractivity contribution < 1.29 is 28.6 Å². The van der Waals surface area contributed by atoms with Crippen molar-refractivity contribution in [1.82, 2.24) is 5.32 Å². The molecule has 2 aromatic carbocycles. The highest BCUT2D eigenvalue weighted by atomic mass is 127. The minimum absolute atomic E-state index is 0.293. The summed E-state index contributed by atoms with van der Waals surface area (Å²) in [4.78, 5) is 35.7. The first-order chi connectivity index (χ1) is 13.4. The predicted molar refractivity (Wildman–Crippen MR) is 111 cm³/mol. The van der Waals surface area contributed by atoms with Crippen LogP contribution in [0.4, 0.5) is 5.69 Å². The quantitative estimate of drug-likeness (QED) is 0.428. The summed E-state index contributed by atoms with van der Waals surface area (Å²) in [7, 11) is 2.95. The van der Waals surface area contributed by atoms with E-state index >= 15 is 0 Å². The lowest BCUT2D eigenvalue weighted by Gasteiger charge is -2.10. The zero-order valence-electron chi connectivity index (χ0n) is 15.3. The molecular formula is C19H19IN2O6. The van der Waals surface area contributed by atoms with Gasteiger partial charge in [0, 0.05) is 14.8 Å². The summed E-state index contributed by atoms with van der Waals surface area (Å²) >= 11 is 2.12. The van der Waals surface area contributed by atoms with Gasteiger partial charge in [-0.3, -0.25) is 14.4 Å². The van der Waals surface area contributed by atoms with E-state index in [1.54, 1.807) is 24.3 Å². The standard InChI is InChI=1S/C19H19IN2O6/c1-26-15-7-6-12(8-16(15)27-2)19(25)21-10-18(24)28-11-17(23)22-14-5-3-4-13(20)9-14/h3-9H,10-11H2,1-2H3,(H,21,25)(H,22,23). The molecule has 0 saturated carbocycles. The molecule has 0 aliphatic carbocycles. The molecule has 0 unspecified atom stereocenters. The summed E-state index contributed by atoms with van der Waals surface area (Å²) in [5.41, 5.74) is 0.900. The fraction of sp³-hybridized carbons (Fsp3) is 0.211. The normalized spacial score (nSPS) is 9.96. The van der Waals surface area contributed by atoms with Crippen molar-refractivity contribution in [2.45, 2.75) is 0 Å². The van der Waals surface area contributed by atoms with E-state index in [4.69, 9.17) is 14.2 Å². The Morgan fingerprint density at radius 3 is 2.43 bits per heavy atom. The third-order valence-electron chi connectivity index (χ3n) is 3.51. The number of hydrogen-bond acceptors (Lipinski definition) is 6. The summed E-state index contributed by atoms with van der Waals surface area (Å²) in [6, 6.07) is 11.8. The molecule has 0 aliphatic rings. The van der Waals surface area contributed by atoms with Gasteiger partial charge in [0.1, 0.15) is 6.54 Å². The lowest BCUT2D eigenvalue weighted by Crippen LogP contribution is -2.32. The largest absolute Gasteiger partial charge is 0.493 e. The van der Waals surface area contributed by atoms with Crippen LogP contribution in [0.15, 0.2) is 42.5 Å². The fourth-order valence-corrected chi connectivity index (χ4v) is 2.74. The van der Waals surface area contributed by atoms with Crippen molar-refractivity contribution in [2.24, 2.45) is 0 Å². The van der Waals surface area contributed by atoms with Gasteiger partial charge < -0.3 is 24.8 Å². The first kappa shape index (κ1) is 21.5. The van der Waals surface area contributed by atoms with E-state index in [2.05, 4.69) is 33.2 Å². The lowest BCUT2D eigenvalue weighted by atomic mass is 10.2. The number of anilines is 1. The average Bonchev–Trinajstić information content (AvgIpc) is 2.69. The third kappa shape index (κ3) is 6.41. The molecular weight excluding hydrogens is 479 g/mol. The highest BCUT2D eigenvalue weighted by Gasteiger charge is 2.13. The molecule has 9 heteroatoms. The Bertz CT molecular complexity index is 871. The maximum absolute atomic E-state index is 12.1. The molecule has 2 amide bonds. The molecule has 0 saturated heterocycles. The van der Waals surface area contributed by atoms with Crippen molar-refractivity contribution in [3.63, 3.8) is 0 Å². The molecule has 28 heavy (non-hydrogen) atoms. The van der Waals surface area contributed by atoms with Crippen LogP contribution in [0.5, 0.6) is 11.5 Å². The first-order valence-corrected chi connectivity index (χ1v) is 9.22. The van der Waals surface area contributed by atoms with Gasteiger partial charge in [-0.1, -0.05) is 6.07 Å². The summed E-state index contributed by atoms with van der Waals surface area (Å²) in [6.07, 6.45) is 0. The van der Waals surface area contributed by atoms with E-state index in [-0.39, 0.29) is 6.54 Å². The molecule has 0 atom stereocenters. The van der Waals surface area contributed by atoms with Crippen molar-refractivity contribution in [3.05, 3.63) is 51.6 Å². The van der Waals surface area contributed by atoms with Crippen LogP contribution in [0.3, 0.4) is 0 Å². The van der Waals surface area contributed by atoms with E-state index in [9.17, 15) is 14.4 Å². The number of carbonyl (C=O) groups excluding carboxylic acids is 3. The maximum atomic E-state index is 12.1. The third-order valence-corrected chi connectivity index (χ3v) is 4.18. The highest BCUT2D eigenvalue weighted by molar-refractivity contribution is 14.1. The van der Waals surface area contributed by atoms with Gasteiger partial charge in [0.25, 0.3) is 11.8 Å². The zero-order chi connectivity index (χ0) is 20.5. The van der Waals surface area contributed by atoms with Crippen LogP contribution in [0.2, 0.25) is 0 Å². The Hall–Kier alpha value is -2.82. The van der Waals surface area contributed by atoms with Crippen LogP contribution in [-0.2, 0) is 14.3 Å². The summed E-state index contributed by atoms with van der Waals surface area (Å²) in [5, 5.41) is 5.04. The zero-order valence-corrected chi connectivity index (χ0v) is 17.4. The molecule has 0 spiro atoms. The Morgan fingerprint density at radius 1 is 1.00 bits per heavy atom. The number of methoxy groups -OCH3 is 2. The molecule has 8 nitrogen and oxygen atoms in total. The van der Waals surface area contributed by atoms with Crippen LogP contribution in [0, 0.1) is 3.57 Å². The lowest BCUT2D eigenvalue weighted by molar-refractivity contribution is -0.146. The van der Waals surface area contributed by atoms with Crippen molar-refractivity contribution in [3.8, 4) is 11.5 Å². The van der Waals surface area contributed by atoms with Crippen molar-refractivity contribution in [1.29, 1.82) is 0 Å². The smallest absolute Gasteiger partial charge is 0.325 e. The molecule has 148 valence electrons. The Labute approximate surface area is 175 Å². The van der Waals surface area contributed by atoms with E-state index in [1.807, 2.05) is 6.07 Å². The monoisotopic (exact) mass is 498 g/mol. The first-order valence-electron chi connectivity index (χ1n) is 8.14. The number of carbonyl (C=O) groups is 3. The van der Waals surface area contributed by atoms with Gasteiger partial charge in [0.2, 0.25) is 0 Å². The van der Waals surface area contributed by atoms with Gasteiger partial charge in [0.15, 0.2) is 18.1 Å². The van der Waals surface area contributed by atoms with E-state index in [0.29, 0.717) is 22.7 Å². The predicted octanol–water partition coefficient (Wildman–Crippen LogP) is 2.22. The number of ether oxygens (including phenoxy) is 3. The van der Waals surface area contributed by atoms with Gasteiger partial charge in [-0.2, -0.15) is 0 Å². The SMILES string of the molecule is COc1ccc(C(=O)NCC(=O)OCC(=O)Nc2cccc(I)c2)cc1OC. The van der Waals surface area contributed by atoms with Gasteiger partial charge >= 0.3 is 5.97 Å². The van der Waals surface area contributed by atoms with Gasteiger partial charge in [0.05, 0.1) is 14.2 Å². The minimum Gasteiger partial charge on any atom is -0.493 e. The van der Waals surface area contributed by atoms with E-state index in [0.717, 1.165) is 3.57 Å². The molecule has 0 fully saturated rings. The Balaban J connectivity index is 1.78. The molecule has 0 aromatic heterocycles. The van der Waals surface area contributed by atoms with Crippen LogP contribution in [0.1, 0.15) is 10.4 Å². The number of amides is 2. The van der Waals surface area contributed by atoms with E-state index < -0.39 is 24.4 Å². The topological polar surface area (TPSA) is 103 Å². The van der Waals surface area contributed by atoms with Crippen LogP contribution >= 0.6 is 22.6 Å². The molecule has 0 radical (unpaired) electrons. The molecule has 2 aromatic rings. The second kappa shape index (κ2) is 10.5. The van der Waals surface area contributed by atoms with Crippen molar-refractivity contribution >= 4 is 46.1 Å². The molecule has 0 aliphatic heterocycles. The fourth-order valence-electron chi connectivity index (χ4n) is 2.19. The number of hydrogen-bond donors (Lipinski definition) is 2. The van der Waals surface area contributed by atoms with E-state index in [1.165, 1.54) is 26.4 Å². The number of esters is 1. The average molecular weight is 498 g/mol. The molecule has 2 N–H and O–H groups in total. The number of nitrogens with one attached hydrogen (secondary N) is 2. The Kier molecular flexibility index (Phi) is 8.05. The van der Waals surface area contributed by atoms with Gasteiger partial charge in [-0.25, -0.2) is 0 Å². The second-order valence-electron chi connectivity index (χ2n) is 5.47. The second-order valence-corrected chi connectivity index (χ2v) is 6.72. The summed E-state index contributed by atoms with van der Waals surface area (Å²) in [5.74, 6) is -0.808. The van der Waals surface area contributed by atoms with Crippen LogP contribution in [0.25, 0.3) is 0 Å². The van der Waals surface area contributed by atoms with Crippen LogP contribution in [-0.4, -0.2) is 45.2 Å². The number of rotatable bonds is 8. The number of halogens is 1. The number of benzene rings is 2. The van der Waals surface area contributed by atoms with Gasteiger partial charge in [-0.05, 0) is 59.0 Å². The van der Waals surface area contributed by atoms with Gasteiger partial charge in [-0.15, -0.1) is 0 Å². The summed E-state index contributed by atoms with van der Waals surface area (Å²) in [6.45, 7) is -0.819. The molecule has 0 bridgehead atoms. The maximum Gasteiger partial charge on any atom is 0.325 e. The van der Waals surface area contributed by atoms with Crippen molar-refractivity contribution in [2.75, 3.05) is 32.7 Å². The minimum atomic E-state index is -0.730. The summed E-state index contributed by atoms with van der Waals surface area (Å²) < 4.78 is 16.1.